The Balaban J connectivity index is 2.31. The van der Waals surface area contributed by atoms with Gasteiger partial charge in [0.1, 0.15) is 9.88 Å². The van der Waals surface area contributed by atoms with Gasteiger partial charge in [0.25, 0.3) is 5.91 Å². The Labute approximate surface area is 115 Å². The quantitative estimate of drug-likeness (QED) is 0.708. The van der Waals surface area contributed by atoms with E-state index in [2.05, 4.69) is 15.4 Å². The molecule has 19 heavy (non-hydrogen) atoms. The molecule has 104 valence electrons. The van der Waals surface area contributed by atoms with Crippen molar-refractivity contribution in [1.29, 1.82) is 0 Å². The number of nitrogen functional groups attached to an aromatic ring is 1. The average Bonchev–Trinajstić information content (AvgIpc) is 3.18. The molecule has 0 aromatic carbocycles. The van der Waals surface area contributed by atoms with Crippen LogP contribution in [0.15, 0.2) is 0 Å². The number of methoxy groups -OCH3 is 1. The van der Waals surface area contributed by atoms with Crippen molar-refractivity contribution in [3.05, 3.63) is 10.4 Å². The van der Waals surface area contributed by atoms with E-state index in [0.717, 1.165) is 17.9 Å². The Kier molecular flexibility index (Phi) is 3.94. The van der Waals surface area contributed by atoms with Crippen molar-refractivity contribution >= 4 is 33.9 Å². The summed E-state index contributed by atoms with van der Waals surface area (Å²) in [5.74, 6) is -0.170. The maximum atomic E-state index is 11.9. The number of esters is 1. The summed E-state index contributed by atoms with van der Waals surface area (Å²) in [6.07, 6.45) is 2.40. The molecule has 0 radical (unpaired) electrons. The molecule has 0 saturated heterocycles. The zero-order valence-electron chi connectivity index (χ0n) is 10.9. The highest BCUT2D eigenvalue weighted by Crippen LogP contribution is 2.37. The van der Waals surface area contributed by atoms with Crippen LogP contribution in [0.3, 0.4) is 0 Å². The second-order valence-corrected chi connectivity index (χ2v) is 5.46. The van der Waals surface area contributed by atoms with Crippen LogP contribution in [-0.2, 0) is 4.74 Å². The van der Waals surface area contributed by atoms with Crippen molar-refractivity contribution in [3.8, 4) is 0 Å². The van der Waals surface area contributed by atoms with E-state index in [1.807, 2.05) is 0 Å². The molecular weight excluding hydrogens is 266 g/mol. The van der Waals surface area contributed by atoms with E-state index in [1.54, 1.807) is 0 Å². The smallest absolute Gasteiger partial charge is 0.350 e. The second kappa shape index (κ2) is 5.48. The van der Waals surface area contributed by atoms with Crippen LogP contribution < -0.4 is 16.4 Å². The average molecular weight is 283 g/mol. The Morgan fingerprint density at radius 2 is 2.16 bits per heavy atom. The third kappa shape index (κ3) is 2.81. The highest BCUT2D eigenvalue weighted by atomic mass is 32.1. The Bertz CT molecular complexity index is 509. The molecule has 0 atom stereocenters. The topological polar surface area (TPSA) is 93.5 Å². The van der Waals surface area contributed by atoms with Crippen LogP contribution in [0, 0.1) is 5.92 Å². The lowest BCUT2D eigenvalue weighted by atomic mass is 10.2. The summed E-state index contributed by atoms with van der Waals surface area (Å²) in [4.78, 5) is 23.7. The van der Waals surface area contributed by atoms with Crippen LogP contribution >= 0.6 is 11.3 Å². The van der Waals surface area contributed by atoms with Gasteiger partial charge in [-0.2, -0.15) is 0 Å². The van der Waals surface area contributed by atoms with E-state index in [9.17, 15) is 9.59 Å². The summed E-state index contributed by atoms with van der Waals surface area (Å²) >= 11 is 1.16. The fraction of sp³-hybridized carbons (Fsp3) is 0.500. The summed E-state index contributed by atoms with van der Waals surface area (Å²) in [6.45, 7) is 0.796. The minimum atomic E-state index is -0.521. The first-order valence-corrected chi connectivity index (χ1v) is 6.86. The number of rotatable bonds is 5. The molecule has 1 fully saturated rings. The molecule has 1 aromatic rings. The summed E-state index contributed by atoms with van der Waals surface area (Å²) in [5, 5.41) is 6.36. The van der Waals surface area contributed by atoms with Gasteiger partial charge in [-0.3, -0.25) is 4.79 Å². The Hall–Kier alpha value is -1.76. The number of anilines is 2. The number of carbonyl (C=O) groups excluding carboxylic acids is 2. The molecule has 2 rings (SSSR count). The fourth-order valence-corrected chi connectivity index (χ4v) is 2.77. The van der Waals surface area contributed by atoms with Crippen LogP contribution in [0.4, 0.5) is 10.7 Å². The first-order valence-electron chi connectivity index (χ1n) is 6.05. The minimum absolute atomic E-state index is 0.175. The van der Waals surface area contributed by atoms with Crippen LogP contribution in [0.1, 0.15) is 32.9 Å². The van der Waals surface area contributed by atoms with Gasteiger partial charge in [-0.05, 0) is 18.8 Å². The SMILES string of the molecule is CNC(=O)c1c(NCC2CC2)sc(C(=O)OC)c1N. The standard InChI is InChI=1S/C12H17N3O3S/c1-14-10(16)7-8(13)9(12(17)18-2)19-11(7)15-5-6-3-4-6/h6,15H,3-5,13H2,1-2H3,(H,14,16). The molecule has 7 heteroatoms. The van der Waals surface area contributed by atoms with E-state index in [4.69, 9.17) is 5.73 Å². The van der Waals surface area contributed by atoms with Crippen molar-refractivity contribution < 1.29 is 14.3 Å². The number of nitrogens with one attached hydrogen (secondary N) is 2. The summed E-state index contributed by atoms with van der Waals surface area (Å²) in [7, 11) is 2.82. The Morgan fingerprint density at radius 1 is 1.47 bits per heavy atom. The zero-order chi connectivity index (χ0) is 14.0. The molecule has 4 N–H and O–H groups in total. The molecule has 1 aliphatic rings. The van der Waals surface area contributed by atoms with Gasteiger partial charge in [0.2, 0.25) is 0 Å². The van der Waals surface area contributed by atoms with Crippen molar-refractivity contribution in [2.24, 2.45) is 5.92 Å². The molecule has 0 spiro atoms. The van der Waals surface area contributed by atoms with Gasteiger partial charge in [-0.1, -0.05) is 0 Å². The van der Waals surface area contributed by atoms with E-state index < -0.39 is 5.97 Å². The van der Waals surface area contributed by atoms with Crippen molar-refractivity contribution in [2.45, 2.75) is 12.8 Å². The maximum Gasteiger partial charge on any atom is 0.350 e. The lowest BCUT2D eigenvalue weighted by Crippen LogP contribution is -2.20. The molecule has 1 aliphatic carbocycles. The number of ether oxygens (including phenoxy) is 1. The number of hydrogen-bond acceptors (Lipinski definition) is 6. The van der Waals surface area contributed by atoms with Crippen LogP contribution in [0.25, 0.3) is 0 Å². The van der Waals surface area contributed by atoms with Gasteiger partial charge in [0, 0.05) is 13.6 Å². The normalized spacial score (nSPS) is 14.0. The first-order chi connectivity index (χ1) is 9.08. The number of carbonyl (C=O) groups is 2. The summed E-state index contributed by atoms with van der Waals surface area (Å²) < 4.78 is 4.67. The first kappa shape index (κ1) is 13.7. The maximum absolute atomic E-state index is 11.9. The van der Waals surface area contributed by atoms with Gasteiger partial charge in [0.15, 0.2) is 0 Å². The fourth-order valence-electron chi connectivity index (χ4n) is 1.72. The predicted octanol–water partition coefficient (Wildman–Crippen LogP) is 1.30. The Morgan fingerprint density at radius 3 is 2.68 bits per heavy atom. The van der Waals surface area contributed by atoms with Crippen molar-refractivity contribution in [1.82, 2.24) is 5.32 Å². The molecule has 1 aromatic heterocycles. The van der Waals surface area contributed by atoms with Gasteiger partial charge in [-0.15, -0.1) is 11.3 Å². The minimum Gasteiger partial charge on any atom is -0.465 e. The number of hydrogen-bond donors (Lipinski definition) is 3. The molecule has 1 saturated carbocycles. The van der Waals surface area contributed by atoms with Gasteiger partial charge in [0.05, 0.1) is 18.4 Å². The highest BCUT2D eigenvalue weighted by Gasteiger charge is 2.27. The molecule has 0 bridgehead atoms. The number of thiophene rings is 1. The molecular formula is C12H17N3O3S. The number of nitrogens with two attached hydrogens (primary N) is 1. The summed E-state index contributed by atoms with van der Waals surface area (Å²) in [5.41, 5.74) is 6.39. The molecule has 1 heterocycles. The van der Waals surface area contributed by atoms with Crippen LogP contribution in [-0.4, -0.2) is 32.6 Å². The van der Waals surface area contributed by atoms with Crippen LogP contribution in [0.2, 0.25) is 0 Å². The van der Waals surface area contributed by atoms with Crippen molar-refractivity contribution in [3.63, 3.8) is 0 Å². The largest absolute Gasteiger partial charge is 0.465 e. The van der Waals surface area contributed by atoms with Crippen molar-refractivity contribution in [2.75, 3.05) is 31.8 Å². The zero-order valence-corrected chi connectivity index (χ0v) is 11.7. The molecule has 0 aliphatic heterocycles. The highest BCUT2D eigenvalue weighted by molar-refractivity contribution is 7.19. The monoisotopic (exact) mass is 283 g/mol. The van der Waals surface area contributed by atoms with Gasteiger partial charge < -0.3 is 21.1 Å². The number of amides is 1. The molecule has 1 amide bonds. The lowest BCUT2D eigenvalue weighted by molar-refractivity contribution is 0.0607. The third-order valence-electron chi connectivity index (χ3n) is 3.02. The van der Waals surface area contributed by atoms with E-state index in [0.29, 0.717) is 16.5 Å². The van der Waals surface area contributed by atoms with E-state index in [1.165, 1.54) is 27.0 Å². The third-order valence-corrected chi connectivity index (χ3v) is 4.16. The van der Waals surface area contributed by atoms with Crippen LogP contribution in [0.5, 0.6) is 0 Å². The summed E-state index contributed by atoms with van der Waals surface area (Å²) in [6, 6.07) is 0. The second-order valence-electron chi connectivity index (χ2n) is 4.44. The molecule has 6 nitrogen and oxygen atoms in total. The lowest BCUT2D eigenvalue weighted by Gasteiger charge is -2.06. The van der Waals surface area contributed by atoms with E-state index in [-0.39, 0.29) is 16.5 Å². The van der Waals surface area contributed by atoms with Gasteiger partial charge >= 0.3 is 5.97 Å². The predicted molar refractivity (Wildman–Crippen MR) is 74.7 cm³/mol. The van der Waals surface area contributed by atoms with Gasteiger partial charge in [-0.25, -0.2) is 4.79 Å². The van der Waals surface area contributed by atoms with E-state index >= 15 is 0 Å². The molecule has 0 unspecified atom stereocenters.